The van der Waals surface area contributed by atoms with Gasteiger partial charge in [-0.15, -0.1) is 0 Å². The highest BCUT2D eigenvalue weighted by atomic mass is 16.5. The molecule has 2 aliphatic heterocycles. The molecule has 7 heteroatoms. The number of nitrogens with zero attached hydrogens (tertiary/aromatic N) is 2. The van der Waals surface area contributed by atoms with E-state index in [9.17, 15) is 9.90 Å². The van der Waals surface area contributed by atoms with Crippen molar-refractivity contribution in [1.29, 1.82) is 0 Å². The van der Waals surface area contributed by atoms with Gasteiger partial charge in [0.1, 0.15) is 11.9 Å². The zero-order chi connectivity index (χ0) is 20.1. The van der Waals surface area contributed by atoms with Crippen LogP contribution in [0.2, 0.25) is 0 Å². The van der Waals surface area contributed by atoms with Gasteiger partial charge in [0, 0.05) is 45.2 Å². The lowest BCUT2D eigenvalue weighted by atomic mass is 10.1. The molecule has 2 aromatic rings. The number of carbonyl (C=O) groups is 1. The lowest BCUT2D eigenvalue weighted by Crippen LogP contribution is -2.38. The molecular formula is C22H27N3O4. The minimum Gasteiger partial charge on any atom is -0.489 e. The third kappa shape index (κ3) is 5.32. The van der Waals surface area contributed by atoms with Crippen LogP contribution in [0.15, 0.2) is 42.7 Å². The summed E-state index contributed by atoms with van der Waals surface area (Å²) in [5.41, 5.74) is 3.03. The van der Waals surface area contributed by atoms with Crippen molar-refractivity contribution in [3.05, 3.63) is 59.4 Å². The molecular weight excluding hydrogens is 370 g/mol. The molecule has 2 N–H and O–H groups in total. The summed E-state index contributed by atoms with van der Waals surface area (Å²) >= 11 is 0. The molecule has 0 bridgehead atoms. The van der Waals surface area contributed by atoms with E-state index < -0.39 is 6.10 Å². The summed E-state index contributed by atoms with van der Waals surface area (Å²) in [4.78, 5) is 18.8. The predicted octanol–water partition coefficient (Wildman–Crippen LogP) is 1.75. The number of benzene rings is 1. The topological polar surface area (TPSA) is 83.9 Å². The van der Waals surface area contributed by atoms with Crippen molar-refractivity contribution >= 4 is 5.91 Å². The van der Waals surface area contributed by atoms with Gasteiger partial charge in [-0.2, -0.15) is 0 Å². The number of nitrogens with one attached hydrogen (secondary N) is 1. The van der Waals surface area contributed by atoms with Gasteiger partial charge >= 0.3 is 0 Å². The molecule has 4 rings (SSSR count). The maximum absolute atomic E-state index is 12.5. The van der Waals surface area contributed by atoms with Gasteiger partial charge in [-0.25, -0.2) is 0 Å². The van der Waals surface area contributed by atoms with Crippen molar-refractivity contribution in [2.24, 2.45) is 0 Å². The van der Waals surface area contributed by atoms with Crippen LogP contribution in [0.5, 0.6) is 5.75 Å². The van der Waals surface area contributed by atoms with E-state index in [-0.39, 0.29) is 18.6 Å². The Morgan fingerprint density at radius 1 is 1.24 bits per heavy atom. The second kappa shape index (κ2) is 9.35. The van der Waals surface area contributed by atoms with Crippen molar-refractivity contribution in [1.82, 2.24) is 15.2 Å². The number of ether oxygens (including phenoxy) is 2. The molecule has 0 unspecified atom stereocenters. The average Bonchev–Trinajstić information content (AvgIpc) is 3.15. The zero-order valence-corrected chi connectivity index (χ0v) is 16.4. The summed E-state index contributed by atoms with van der Waals surface area (Å²) in [5, 5.41) is 13.1. The Morgan fingerprint density at radius 3 is 2.69 bits per heavy atom. The zero-order valence-electron chi connectivity index (χ0n) is 16.4. The number of aliphatic hydroxyl groups excluding tert-OH is 1. The minimum absolute atomic E-state index is 0.0928. The number of rotatable bonds is 7. The number of carbonyl (C=O) groups excluding carboxylic acids is 1. The van der Waals surface area contributed by atoms with E-state index in [2.05, 4.69) is 27.3 Å². The van der Waals surface area contributed by atoms with Gasteiger partial charge in [0.25, 0.3) is 5.91 Å². The van der Waals surface area contributed by atoms with Gasteiger partial charge in [0.15, 0.2) is 0 Å². The number of fused-ring (bicyclic) bond motifs is 1. The van der Waals surface area contributed by atoms with Gasteiger partial charge in [0.2, 0.25) is 0 Å². The average molecular weight is 397 g/mol. The number of pyridine rings is 1. The van der Waals surface area contributed by atoms with Crippen LogP contribution in [-0.2, 0) is 17.8 Å². The second-order valence-corrected chi connectivity index (χ2v) is 7.64. The van der Waals surface area contributed by atoms with Crippen LogP contribution >= 0.6 is 0 Å². The van der Waals surface area contributed by atoms with Crippen LogP contribution in [0.1, 0.15) is 34.3 Å². The molecule has 1 fully saturated rings. The van der Waals surface area contributed by atoms with Gasteiger partial charge in [0.05, 0.1) is 31.1 Å². The summed E-state index contributed by atoms with van der Waals surface area (Å²) in [6, 6.07) is 10.00. The molecule has 154 valence electrons. The Kier molecular flexibility index (Phi) is 6.39. The monoisotopic (exact) mass is 397 g/mol. The quantitative estimate of drug-likeness (QED) is 0.741. The summed E-state index contributed by atoms with van der Waals surface area (Å²) < 4.78 is 11.2. The number of aliphatic hydroxyl groups is 1. The lowest BCUT2D eigenvalue weighted by Gasteiger charge is -2.23. The molecule has 0 aliphatic carbocycles. The molecule has 1 amide bonds. The smallest absolute Gasteiger partial charge is 0.253 e. The Morgan fingerprint density at radius 2 is 1.97 bits per heavy atom. The van der Waals surface area contributed by atoms with E-state index in [0.717, 1.165) is 25.9 Å². The third-order valence-corrected chi connectivity index (χ3v) is 5.32. The Hall–Kier alpha value is -2.48. The van der Waals surface area contributed by atoms with E-state index in [4.69, 9.17) is 9.47 Å². The van der Waals surface area contributed by atoms with E-state index in [1.807, 2.05) is 12.1 Å². The maximum Gasteiger partial charge on any atom is 0.253 e. The molecule has 0 saturated carbocycles. The van der Waals surface area contributed by atoms with Crippen LogP contribution in [-0.4, -0.2) is 59.4 Å². The molecule has 1 aromatic carbocycles. The van der Waals surface area contributed by atoms with Crippen molar-refractivity contribution in [3.8, 4) is 5.75 Å². The van der Waals surface area contributed by atoms with Crippen LogP contribution in [0.3, 0.4) is 0 Å². The standard InChI is InChI=1S/C22H27N3O4/c26-19(15-25-13-16-3-1-2-4-17(16)14-25)11-24-22(27)18-9-21(12-23-10-18)29-20-5-7-28-8-6-20/h1-4,9-10,12,19-20,26H,5-8,11,13-15H2,(H,24,27)/t19-/m0/s1. The van der Waals surface area contributed by atoms with Gasteiger partial charge < -0.3 is 19.9 Å². The van der Waals surface area contributed by atoms with E-state index >= 15 is 0 Å². The van der Waals surface area contributed by atoms with Gasteiger partial charge in [-0.3, -0.25) is 14.7 Å². The highest BCUT2D eigenvalue weighted by molar-refractivity contribution is 5.94. The van der Waals surface area contributed by atoms with E-state index in [0.29, 0.717) is 31.1 Å². The van der Waals surface area contributed by atoms with Crippen molar-refractivity contribution < 1.29 is 19.4 Å². The Bertz CT molecular complexity index is 813. The van der Waals surface area contributed by atoms with Crippen molar-refractivity contribution in [2.75, 3.05) is 26.3 Å². The molecule has 0 radical (unpaired) electrons. The molecule has 7 nitrogen and oxygen atoms in total. The molecule has 0 spiro atoms. The largest absolute Gasteiger partial charge is 0.489 e. The molecule has 1 aromatic heterocycles. The summed E-state index contributed by atoms with van der Waals surface area (Å²) in [6.07, 6.45) is 4.26. The molecule has 3 heterocycles. The first kappa shape index (κ1) is 19.8. The minimum atomic E-state index is -0.636. The fourth-order valence-corrected chi connectivity index (χ4v) is 3.80. The number of hydrogen-bond acceptors (Lipinski definition) is 6. The molecule has 1 saturated heterocycles. The highest BCUT2D eigenvalue weighted by Crippen LogP contribution is 2.22. The number of amides is 1. The van der Waals surface area contributed by atoms with Gasteiger partial charge in [-0.05, 0) is 17.2 Å². The van der Waals surface area contributed by atoms with Crippen molar-refractivity contribution in [2.45, 2.75) is 38.1 Å². The normalized spacial score (nSPS) is 18.2. The van der Waals surface area contributed by atoms with Gasteiger partial charge in [-0.1, -0.05) is 24.3 Å². The fourth-order valence-electron chi connectivity index (χ4n) is 3.80. The molecule has 1 atom stereocenters. The molecule has 29 heavy (non-hydrogen) atoms. The maximum atomic E-state index is 12.5. The number of hydrogen-bond donors (Lipinski definition) is 2. The fraction of sp³-hybridized carbons (Fsp3) is 0.455. The van der Waals surface area contributed by atoms with Crippen LogP contribution in [0.25, 0.3) is 0 Å². The van der Waals surface area contributed by atoms with E-state index in [1.54, 1.807) is 12.3 Å². The third-order valence-electron chi connectivity index (χ3n) is 5.32. The summed E-state index contributed by atoms with van der Waals surface area (Å²) in [7, 11) is 0. The van der Waals surface area contributed by atoms with Crippen molar-refractivity contribution in [3.63, 3.8) is 0 Å². The lowest BCUT2D eigenvalue weighted by molar-refractivity contribution is 0.0254. The number of aromatic nitrogens is 1. The SMILES string of the molecule is O=C(NC[C@H](O)CN1Cc2ccccc2C1)c1cncc(OC2CCOCC2)c1. The first-order valence-corrected chi connectivity index (χ1v) is 10.1. The predicted molar refractivity (Wildman–Crippen MR) is 108 cm³/mol. The van der Waals surface area contributed by atoms with Crippen LogP contribution in [0, 0.1) is 0 Å². The summed E-state index contributed by atoms with van der Waals surface area (Å²) in [6.45, 7) is 3.75. The highest BCUT2D eigenvalue weighted by Gasteiger charge is 2.21. The van der Waals surface area contributed by atoms with Crippen LogP contribution < -0.4 is 10.1 Å². The first-order chi connectivity index (χ1) is 14.2. The van der Waals surface area contributed by atoms with Crippen LogP contribution in [0.4, 0.5) is 0 Å². The van der Waals surface area contributed by atoms with E-state index in [1.165, 1.54) is 17.3 Å². The molecule has 2 aliphatic rings. The Balaban J connectivity index is 1.24. The number of β-amino-alcohol motifs (C(OH)–C–C–N with tert-alkyl or cyclic N) is 1. The first-order valence-electron chi connectivity index (χ1n) is 10.1. The second-order valence-electron chi connectivity index (χ2n) is 7.64. The summed E-state index contributed by atoms with van der Waals surface area (Å²) in [5.74, 6) is 0.318. The Labute approximate surface area is 170 Å².